The summed E-state index contributed by atoms with van der Waals surface area (Å²) in [5.74, 6) is -0.297. The van der Waals surface area contributed by atoms with Crippen LogP contribution >= 0.6 is 0 Å². The Hall–Kier alpha value is -2.37. The molecule has 1 amide bonds. The number of carbonyl (C=O) groups is 1. The molecule has 0 spiro atoms. The molecule has 100 valence electrons. The van der Waals surface area contributed by atoms with E-state index in [4.69, 9.17) is 0 Å². The van der Waals surface area contributed by atoms with Gasteiger partial charge >= 0.3 is 5.69 Å². The maximum Gasteiger partial charge on any atom is 0.331 e. The molecule has 0 unspecified atom stereocenters. The summed E-state index contributed by atoms with van der Waals surface area (Å²) < 4.78 is 2.34. The van der Waals surface area contributed by atoms with Crippen LogP contribution in [0.3, 0.4) is 0 Å². The summed E-state index contributed by atoms with van der Waals surface area (Å²) in [5.41, 5.74) is -0.362. The number of aryl methyl sites for hydroxylation is 1. The number of carbonyl (C=O) groups excluding carboxylic acids is 1. The Bertz CT molecular complexity index is 756. The van der Waals surface area contributed by atoms with Gasteiger partial charge in [-0.25, -0.2) is 4.79 Å². The number of hydrogen-bond acceptors (Lipinski definition) is 3. The first-order valence-electron chi connectivity index (χ1n) is 5.82. The zero-order valence-electron chi connectivity index (χ0n) is 11.1. The monoisotopic (exact) mass is 261 g/mol. The highest BCUT2D eigenvalue weighted by molar-refractivity contribution is 5.79. The fourth-order valence-corrected chi connectivity index (χ4v) is 1.88. The summed E-state index contributed by atoms with van der Waals surface area (Å²) in [6.07, 6.45) is 0. The molecule has 0 bridgehead atoms. The summed E-state index contributed by atoms with van der Waals surface area (Å²) in [6, 6.07) is 6.84. The van der Waals surface area contributed by atoms with Crippen LogP contribution in [0.5, 0.6) is 0 Å². The smallest absolute Gasteiger partial charge is 0.331 e. The minimum absolute atomic E-state index is 0.247. The standard InChI is InChI=1S/C13H15N3O3/c1-14(2)11(17)8-16-12(18)9-6-4-5-7-10(9)15(3)13(16)19/h4-7H,8H2,1-3H3. The van der Waals surface area contributed by atoms with Crippen LogP contribution in [-0.2, 0) is 18.4 Å². The normalized spacial score (nSPS) is 10.7. The zero-order chi connectivity index (χ0) is 14.2. The molecule has 1 aromatic heterocycles. The van der Waals surface area contributed by atoms with Gasteiger partial charge in [0.1, 0.15) is 6.54 Å². The lowest BCUT2D eigenvalue weighted by Gasteiger charge is -2.13. The molecule has 0 aliphatic rings. The second-order valence-corrected chi connectivity index (χ2v) is 4.54. The summed E-state index contributed by atoms with van der Waals surface area (Å²) in [7, 11) is 4.75. The second-order valence-electron chi connectivity index (χ2n) is 4.54. The molecule has 19 heavy (non-hydrogen) atoms. The second kappa shape index (κ2) is 4.72. The molecular weight excluding hydrogens is 246 g/mol. The third kappa shape index (κ3) is 2.16. The van der Waals surface area contributed by atoms with Crippen molar-refractivity contribution in [2.24, 2.45) is 7.05 Å². The summed E-state index contributed by atoms with van der Waals surface area (Å²) >= 11 is 0. The largest absolute Gasteiger partial charge is 0.347 e. The van der Waals surface area contributed by atoms with Crippen LogP contribution in [0.4, 0.5) is 0 Å². The minimum Gasteiger partial charge on any atom is -0.347 e. The van der Waals surface area contributed by atoms with Crippen molar-refractivity contribution in [3.8, 4) is 0 Å². The van der Waals surface area contributed by atoms with Crippen molar-refractivity contribution in [2.75, 3.05) is 14.1 Å². The molecule has 0 atom stereocenters. The van der Waals surface area contributed by atoms with Gasteiger partial charge in [-0.15, -0.1) is 0 Å². The molecule has 0 saturated carbocycles. The quantitative estimate of drug-likeness (QED) is 0.751. The Kier molecular flexibility index (Phi) is 3.25. The predicted molar refractivity (Wildman–Crippen MR) is 72.1 cm³/mol. The van der Waals surface area contributed by atoms with Gasteiger partial charge in [0.05, 0.1) is 10.9 Å². The highest BCUT2D eigenvalue weighted by atomic mass is 16.2. The van der Waals surface area contributed by atoms with Crippen LogP contribution in [0.1, 0.15) is 0 Å². The number of rotatable bonds is 2. The van der Waals surface area contributed by atoms with E-state index in [-0.39, 0.29) is 12.5 Å². The third-order valence-electron chi connectivity index (χ3n) is 3.05. The van der Waals surface area contributed by atoms with Gasteiger partial charge in [0, 0.05) is 21.1 Å². The molecular formula is C13H15N3O3. The summed E-state index contributed by atoms with van der Waals surface area (Å²) in [5, 5.41) is 0.427. The molecule has 1 aromatic carbocycles. The Morgan fingerprint density at radius 2 is 1.84 bits per heavy atom. The van der Waals surface area contributed by atoms with E-state index in [9.17, 15) is 14.4 Å². The molecule has 0 N–H and O–H groups in total. The highest BCUT2D eigenvalue weighted by Gasteiger charge is 2.14. The van der Waals surface area contributed by atoms with E-state index in [1.165, 1.54) is 9.47 Å². The Labute approximate surface area is 109 Å². The van der Waals surface area contributed by atoms with Crippen molar-refractivity contribution < 1.29 is 4.79 Å². The molecule has 0 radical (unpaired) electrons. The lowest BCUT2D eigenvalue weighted by molar-refractivity contribution is -0.129. The number of para-hydroxylation sites is 1. The van der Waals surface area contributed by atoms with Crippen molar-refractivity contribution in [1.82, 2.24) is 14.0 Å². The SMILES string of the molecule is CN(C)C(=O)Cn1c(=O)c2ccccc2n(C)c1=O. The number of aromatic nitrogens is 2. The molecule has 6 heteroatoms. The first-order chi connectivity index (χ1) is 8.93. The molecule has 6 nitrogen and oxygen atoms in total. The maximum atomic E-state index is 12.2. The van der Waals surface area contributed by atoms with E-state index in [0.717, 1.165) is 4.57 Å². The first kappa shape index (κ1) is 13.1. The summed E-state index contributed by atoms with van der Waals surface area (Å²) in [4.78, 5) is 37.4. The predicted octanol–water partition coefficient (Wildman–Crippen LogP) is -0.212. The van der Waals surface area contributed by atoms with Crippen LogP contribution < -0.4 is 11.2 Å². The van der Waals surface area contributed by atoms with Gasteiger partial charge in [0.2, 0.25) is 5.91 Å². The van der Waals surface area contributed by atoms with Crippen LogP contribution in [0, 0.1) is 0 Å². The van der Waals surface area contributed by atoms with Gasteiger partial charge in [0.25, 0.3) is 5.56 Å². The van der Waals surface area contributed by atoms with Crippen molar-refractivity contribution in [3.05, 3.63) is 45.1 Å². The lowest BCUT2D eigenvalue weighted by Crippen LogP contribution is -2.42. The maximum absolute atomic E-state index is 12.2. The Morgan fingerprint density at radius 1 is 1.21 bits per heavy atom. The van der Waals surface area contributed by atoms with Gasteiger partial charge in [-0.3, -0.25) is 18.7 Å². The fraction of sp³-hybridized carbons (Fsp3) is 0.308. The van der Waals surface area contributed by atoms with Crippen molar-refractivity contribution in [3.63, 3.8) is 0 Å². The molecule has 2 aromatic rings. The topological polar surface area (TPSA) is 64.3 Å². The zero-order valence-corrected chi connectivity index (χ0v) is 11.1. The molecule has 0 fully saturated rings. The minimum atomic E-state index is -0.487. The van der Waals surface area contributed by atoms with Gasteiger partial charge in [-0.05, 0) is 12.1 Å². The number of nitrogens with zero attached hydrogens (tertiary/aromatic N) is 3. The average molecular weight is 261 g/mol. The lowest BCUT2D eigenvalue weighted by atomic mass is 10.2. The number of hydrogen-bond donors (Lipinski definition) is 0. The first-order valence-corrected chi connectivity index (χ1v) is 5.82. The van der Waals surface area contributed by atoms with Gasteiger partial charge in [0.15, 0.2) is 0 Å². The molecule has 0 saturated heterocycles. The average Bonchev–Trinajstić information content (AvgIpc) is 2.40. The van der Waals surface area contributed by atoms with E-state index >= 15 is 0 Å². The number of benzene rings is 1. The van der Waals surface area contributed by atoms with E-state index in [0.29, 0.717) is 10.9 Å². The third-order valence-corrected chi connectivity index (χ3v) is 3.05. The fourth-order valence-electron chi connectivity index (χ4n) is 1.88. The van der Waals surface area contributed by atoms with E-state index < -0.39 is 11.2 Å². The summed E-state index contributed by atoms with van der Waals surface area (Å²) in [6.45, 7) is -0.247. The Balaban J connectivity index is 2.73. The van der Waals surface area contributed by atoms with Crippen molar-refractivity contribution in [2.45, 2.75) is 6.54 Å². The molecule has 2 rings (SSSR count). The van der Waals surface area contributed by atoms with Crippen LogP contribution in [0.15, 0.2) is 33.9 Å². The molecule has 1 heterocycles. The number of fused-ring (bicyclic) bond motifs is 1. The van der Waals surface area contributed by atoms with Crippen LogP contribution in [-0.4, -0.2) is 34.0 Å². The van der Waals surface area contributed by atoms with E-state index in [1.807, 2.05) is 0 Å². The van der Waals surface area contributed by atoms with Crippen LogP contribution in [0.25, 0.3) is 10.9 Å². The Morgan fingerprint density at radius 3 is 2.47 bits per heavy atom. The number of amides is 1. The molecule has 0 aliphatic carbocycles. The van der Waals surface area contributed by atoms with Crippen molar-refractivity contribution in [1.29, 1.82) is 0 Å². The van der Waals surface area contributed by atoms with E-state index in [1.54, 1.807) is 45.4 Å². The van der Waals surface area contributed by atoms with Crippen LogP contribution in [0.2, 0.25) is 0 Å². The van der Waals surface area contributed by atoms with E-state index in [2.05, 4.69) is 0 Å². The van der Waals surface area contributed by atoms with Crippen molar-refractivity contribution >= 4 is 16.8 Å². The van der Waals surface area contributed by atoms with Gasteiger partial charge in [-0.1, -0.05) is 12.1 Å². The highest BCUT2D eigenvalue weighted by Crippen LogP contribution is 2.05. The van der Waals surface area contributed by atoms with Gasteiger partial charge in [-0.2, -0.15) is 0 Å². The number of likely N-dealkylation sites (N-methyl/N-ethyl adjacent to an activating group) is 1. The molecule has 0 aliphatic heterocycles. The van der Waals surface area contributed by atoms with Gasteiger partial charge < -0.3 is 4.90 Å².